The van der Waals surface area contributed by atoms with Crippen LogP contribution in [-0.4, -0.2) is 16.1 Å². The third-order valence-electron chi connectivity index (χ3n) is 2.49. The highest BCUT2D eigenvalue weighted by molar-refractivity contribution is 9.10. The number of hydrogen-bond donors (Lipinski definition) is 1. The lowest BCUT2D eigenvalue weighted by Crippen LogP contribution is -2.16. The van der Waals surface area contributed by atoms with E-state index in [-0.39, 0.29) is 11.6 Å². The van der Waals surface area contributed by atoms with Crippen LogP contribution in [0, 0.1) is 11.7 Å². The molecule has 1 heterocycles. The van der Waals surface area contributed by atoms with Gasteiger partial charge in [-0.3, -0.25) is 9.78 Å². The topological polar surface area (TPSA) is 50.2 Å². The molecule has 1 aliphatic rings. The molecule has 0 aliphatic heterocycles. The van der Waals surface area contributed by atoms with Gasteiger partial charge >= 0.3 is 5.97 Å². The zero-order chi connectivity index (χ0) is 11.0. The quantitative estimate of drug-likeness (QED) is 0.921. The molecule has 1 N–H and O–H groups in total. The summed E-state index contributed by atoms with van der Waals surface area (Å²) in [4.78, 5) is 14.9. The van der Waals surface area contributed by atoms with Gasteiger partial charge in [0, 0.05) is 10.7 Å². The maximum absolute atomic E-state index is 13.5. The van der Waals surface area contributed by atoms with Crippen LogP contribution in [0.2, 0.25) is 0 Å². The molecule has 0 spiro atoms. The lowest BCUT2D eigenvalue weighted by molar-refractivity contribution is -0.139. The van der Waals surface area contributed by atoms with E-state index in [4.69, 9.17) is 5.11 Å². The highest BCUT2D eigenvalue weighted by Crippen LogP contribution is 2.42. The van der Waals surface area contributed by atoms with Crippen molar-refractivity contribution in [3.8, 4) is 0 Å². The lowest BCUT2D eigenvalue weighted by atomic mass is 9.99. The number of halogens is 2. The number of hydrogen-bond acceptors (Lipinski definition) is 2. The number of nitrogens with zero attached hydrogens (tertiary/aromatic N) is 1. The second kappa shape index (κ2) is 3.89. The Morgan fingerprint density at radius 3 is 2.80 bits per heavy atom. The van der Waals surface area contributed by atoms with Crippen LogP contribution in [0.15, 0.2) is 16.7 Å². The highest BCUT2D eigenvalue weighted by Gasteiger charge is 2.39. The van der Waals surface area contributed by atoms with E-state index in [0.29, 0.717) is 4.47 Å². The van der Waals surface area contributed by atoms with E-state index in [1.54, 1.807) is 0 Å². The van der Waals surface area contributed by atoms with Gasteiger partial charge in [-0.25, -0.2) is 4.39 Å². The van der Waals surface area contributed by atoms with E-state index < -0.39 is 17.7 Å². The number of carboxylic acid groups (broad SMARTS) is 1. The largest absolute Gasteiger partial charge is 0.481 e. The maximum Gasteiger partial charge on any atom is 0.312 e. The second-order valence-corrected chi connectivity index (χ2v) is 4.59. The third kappa shape index (κ3) is 2.17. The fraction of sp³-hybridized carbons (Fsp3) is 0.400. The van der Waals surface area contributed by atoms with Gasteiger partial charge in [0.25, 0.3) is 0 Å². The van der Waals surface area contributed by atoms with E-state index in [9.17, 15) is 9.18 Å². The number of aliphatic carboxylic acids is 1. The molecule has 0 bridgehead atoms. The molecule has 80 valence electrons. The number of aromatic nitrogens is 1. The molecular formula is C10H9BrFNO2. The minimum atomic E-state index is -0.994. The predicted molar refractivity (Wildman–Crippen MR) is 55.0 cm³/mol. The number of rotatable bonds is 3. The van der Waals surface area contributed by atoms with Crippen LogP contribution < -0.4 is 0 Å². The average Bonchev–Trinajstić information content (AvgIpc) is 2.92. The fourth-order valence-corrected chi connectivity index (χ4v) is 1.93. The molecule has 5 heteroatoms. The van der Waals surface area contributed by atoms with Crippen molar-refractivity contribution >= 4 is 21.9 Å². The Balaban J connectivity index is 2.37. The number of pyridine rings is 1. The Morgan fingerprint density at radius 1 is 1.67 bits per heavy atom. The van der Waals surface area contributed by atoms with E-state index in [2.05, 4.69) is 20.9 Å². The van der Waals surface area contributed by atoms with Gasteiger partial charge in [0.1, 0.15) is 11.7 Å². The predicted octanol–water partition coefficient (Wildman–Crippen LogP) is 2.56. The summed E-state index contributed by atoms with van der Waals surface area (Å²) in [7, 11) is 0. The molecule has 1 aromatic heterocycles. The zero-order valence-corrected chi connectivity index (χ0v) is 9.37. The Labute approximate surface area is 94.5 Å². The molecule has 1 fully saturated rings. The van der Waals surface area contributed by atoms with Crippen molar-refractivity contribution in [3.05, 3.63) is 28.2 Å². The summed E-state index contributed by atoms with van der Waals surface area (Å²) in [5.41, 5.74) is 0.0493. The average molecular weight is 274 g/mol. The molecule has 1 saturated carbocycles. The van der Waals surface area contributed by atoms with Crippen LogP contribution in [0.1, 0.15) is 24.5 Å². The summed E-state index contributed by atoms with van der Waals surface area (Å²) < 4.78 is 14.0. The van der Waals surface area contributed by atoms with Gasteiger partial charge in [0.15, 0.2) is 0 Å². The molecule has 0 radical (unpaired) electrons. The Bertz CT molecular complexity index is 406. The highest BCUT2D eigenvalue weighted by atomic mass is 79.9. The monoisotopic (exact) mass is 273 g/mol. The molecular weight excluding hydrogens is 265 g/mol. The summed E-state index contributed by atoms with van der Waals surface area (Å²) in [5.74, 6) is -2.29. The number of carboxylic acids is 1. The Morgan fingerprint density at radius 2 is 2.33 bits per heavy atom. The summed E-state index contributed by atoms with van der Waals surface area (Å²) in [5, 5.41) is 9.01. The van der Waals surface area contributed by atoms with Crippen LogP contribution in [-0.2, 0) is 4.79 Å². The molecule has 1 unspecified atom stereocenters. The van der Waals surface area contributed by atoms with Crippen LogP contribution in [0.3, 0.4) is 0 Å². The SMILES string of the molecule is O=C(O)C(c1ncc(Br)cc1F)C1CC1. The molecule has 0 saturated heterocycles. The standard InChI is InChI=1S/C10H9BrFNO2/c11-6-3-7(12)9(13-4-6)8(10(14)15)5-1-2-5/h3-5,8H,1-2H2,(H,14,15). The first kappa shape index (κ1) is 10.5. The van der Waals surface area contributed by atoms with Gasteiger partial charge in [-0.1, -0.05) is 0 Å². The van der Waals surface area contributed by atoms with Crippen molar-refractivity contribution in [3.63, 3.8) is 0 Å². The smallest absolute Gasteiger partial charge is 0.312 e. The van der Waals surface area contributed by atoms with Crippen molar-refractivity contribution in [2.75, 3.05) is 0 Å². The van der Waals surface area contributed by atoms with Crippen molar-refractivity contribution in [2.45, 2.75) is 18.8 Å². The molecule has 15 heavy (non-hydrogen) atoms. The summed E-state index contributed by atoms with van der Waals surface area (Å²) in [6.07, 6.45) is 3.11. The van der Waals surface area contributed by atoms with Gasteiger partial charge in [-0.15, -0.1) is 0 Å². The van der Waals surface area contributed by atoms with Gasteiger partial charge in [-0.05, 0) is 40.8 Å². The van der Waals surface area contributed by atoms with Gasteiger partial charge in [0.2, 0.25) is 0 Å². The number of carbonyl (C=O) groups is 1. The maximum atomic E-state index is 13.5. The van der Waals surface area contributed by atoms with Crippen LogP contribution in [0.5, 0.6) is 0 Å². The summed E-state index contributed by atoms with van der Waals surface area (Å²) in [6, 6.07) is 1.25. The normalized spacial score (nSPS) is 17.5. The first-order chi connectivity index (χ1) is 7.09. The third-order valence-corrected chi connectivity index (χ3v) is 2.92. The molecule has 1 atom stereocenters. The van der Waals surface area contributed by atoms with E-state index in [1.807, 2.05) is 0 Å². The van der Waals surface area contributed by atoms with Crippen molar-refractivity contribution in [1.29, 1.82) is 0 Å². The first-order valence-electron chi connectivity index (χ1n) is 4.63. The lowest BCUT2D eigenvalue weighted by Gasteiger charge is -2.11. The Kier molecular flexibility index (Phi) is 2.73. The molecule has 0 amide bonds. The van der Waals surface area contributed by atoms with Crippen molar-refractivity contribution < 1.29 is 14.3 Å². The van der Waals surface area contributed by atoms with Crippen LogP contribution in [0.25, 0.3) is 0 Å². The Hall–Kier alpha value is -0.970. The molecule has 3 nitrogen and oxygen atoms in total. The van der Waals surface area contributed by atoms with E-state index >= 15 is 0 Å². The zero-order valence-electron chi connectivity index (χ0n) is 7.78. The van der Waals surface area contributed by atoms with E-state index in [1.165, 1.54) is 12.3 Å². The van der Waals surface area contributed by atoms with Gasteiger partial charge < -0.3 is 5.11 Å². The van der Waals surface area contributed by atoms with Gasteiger partial charge in [0.05, 0.1) is 5.69 Å². The minimum Gasteiger partial charge on any atom is -0.481 e. The first-order valence-corrected chi connectivity index (χ1v) is 5.42. The second-order valence-electron chi connectivity index (χ2n) is 3.67. The van der Waals surface area contributed by atoms with Gasteiger partial charge in [-0.2, -0.15) is 0 Å². The van der Waals surface area contributed by atoms with Crippen molar-refractivity contribution in [1.82, 2.24) is 4.98 Å². The minimum absolute atomic E-state index is 0.0469. The summed E-state index contributed by atoms with van der Waals surface area (Å²) >= 11 is 3.09. The fourth-order valence-electron chi connectivity index (χ4n) is 1.63. The van der Waals surface area contributed by atoms with Crippen LogP contribution >= 0.6 is 15.9 Å². The molecule has 0 aromatic carbocycles. The van der Waals surface area contributed by atoms with Crippen LogP contribution in [0.4, 0.5) is 4.39 Å². The van der Waals surface area contributed by atoms with Crippen molar-refractivity contribution in [2.24, 2.45) is 5.92 Å². The molecule has 1 aliphatic carbocycles. The molecule has 1 aromatic rings. The molecule has 2 rings (SSSR count). The van der Waals surface area contributed by atoms with E-state index in [0.717, 1.165) is 12.8 Å². The summed E-state index contributed by atoms with van der Waals surface area (Å²) in [6.45, 7) is 0.